The quantitative estimate of drug-likeness (QED) is 0.436. The van der Waals surface area contributed by atoms with E-state index in [1.807, 2.05) is 0 Å². The van der Waals surface area contributed by atoms with E-state index in [4.69, 9.17) is 0 Å². The Kier molecular flexibility index (Phi) is 5.57. The average Bonchev–Trinajstić information content (AvgIpc) is 2.66. The van der Waals surface area contributed by atoms with Crippen molar-refractivity contribution in [2.45, 2.75) is 12.4 Å². The molecule has 0 bridgehead atoms. The number of benzene rings is 2. The third-order valence-electron chi connectivity index (χ3n) is 4.21. The van der Waals surface area contributed by atoms with E-state index in [1.54, 1.807) is 5.32 Å². The van der Waals surface area contributed by atoms with Crippen molar-refractivity contribution in [2.24, 2.45) is 10.9 Å². The van der Waals surface area contributed by atoms with Crippen molar-refractivity contribution in [1.82, 2.24) is 5.32 Å². The number of hydrogen-bond donors (Lipinski definition) is 1. The zero-order valence-electron chi connectivity index (χ0n) is 15.2. The van der Waals surface area contributed by atoms with Crippen LogP contribution in [0.1, 0.15) is 11.1 Å². The molecule has 4 amide bonds. The topological polar surface area (TPSA) is 78.8 Å². The van der Waals surface area contributed by atoms with Gasteiger partial charge in [-0.3, -0.25) is 19.9 Å². The molecular weight excluding hydrogens is 432 g/mol. The number of nitrogens with zero attached hydrogens (tertiary/aromatic N) is 2. The van der Waals surface area contributed by atoms with Crippen molar-refractivity contribution in [3.05, 3.63) is 59.7 Å². The SMILES string of the molecule is O=C1NC(=O)N(c2cccc(C(F)(F)F)c2)C(=O)[C@H]1C=Nc1ccccc1C(F)(F)F. The van der Waals surface area contributed by atoms with Gasteiger partial charge in [0.1, 0.15) is 0 Å². The number of carbonyl (C=O) groups is 3. The van der Waals surface area contributed by atoms with Crippen molar-refractivity contribution < 1.29 is 40.7 Å². The molecule has 31 heavy (non-hydrogen) atoms. The van der Waals surface area contributed by atoms with Gasteiger partial charge in [0.15, 0.2) is 5.92 Å². The fourth-order valence-corrected chi connectivity index (χ4v) is 2.77. The van der Waals surface area contributed by atoms with Crippen LogP contribution in [0.3, 0.4) is 0 Å². The van der Waals surface area contributed by atoms with E-state index in [0.29, 0.717) is 23.2 Å². The molecule has 3 rings (SSSR count). The van der Waals surface area contributed by atoms with Crippen molar-refractivity contribution in [1.29, 1.82) is 0 Å². The Bertz CT molecular complexity index is 1080. The molecule has 6 nitrogen and oxygen atoms in total. The average molecular weight is 443 g/mol. The lowest BCUT2D eigenvalue weighted by molar-refractivity contribution is -0.138. The van der Waals surface area contributed by atoms with E-state index in [1.165, 1.54) is 6.07 Å². The monoisotopic (exact) mass is 443 g/mol. The van der Waals surface area contributed by atoms with Gasteiger partial charge in [-0.25, -0.2) is 9.69 Å². The van der Waals surface area contributed by atoms with E-state index in [-0.39, 0.29) is 0 Å². The van der Waals surface area contributed by atoms with Crippen LogP contribution in [0.5, 0.6) is 0 Å². The summed E-state index contributed by atoms with van der Waals surface area (Å²) in [6.07, 6.45) is -8.91. The second kappa shape index (κ2) is 7.85. The molecule has 0 spiro atoms. The second-order valence-electron chi connectivity index (χ2n) is 6.29. The Morgan fingerprint density at radius 2 is 1.58 bits per heavy atom. The molecular formula is C19H11F6N3O3. The van der Waals surface area contributed by atoms with Crippen LogP contribution in [0, 0.1) is 5.92 Å². The van der Waals surface area contributed by atoms with Gasteiger partial charge in [-0.1, -0.05) is 18.2 Å². The number of anilines is 1. The fraction of sp³-hybridized carbons (Fsp3) is 0.158. The van der Waals surface area contributed by atoms with Gasteiger partial charge in [0.2, 0.25) is 5.91 Å². The van der Waals surface area contributed by atoms with Crippen LogP contribution in [-0.2, 0) is 21.9 Å². The third kappa shape index (κ3) is 4.57. The summed E-state index contributed by atoms with van der Waals surface area (Å²) < 4.78 is 78.0. The number of imide groups is 2. The highest BCUT2D eigenvalue weighted by Gasteiger charge is 2.41. The van der Waals surface area contributed by atoms with Crippen LogP contribution in [0.4, 0.5) is 42.5 Å². The molecule has 162 valence electrons. The summed E-state index contributed by atoms with van der Waals surface area (Å²) in [5.74, 6) is -4.28. The maximum atomic E-state index is 13.1. The third-order valence-corrected chi connectivity index (χ3v) is 4.21. The zero-order valence-corrected chi connectivity index (χ0v) is 15.2. The molecule has 1 aliphatic rings. The number of amides is 4. The maximum Gasteiger partial charge on any atom is 0.418 e. The molecule has 1 saturated heterocycles. The molecule has 0 saturated carbocycles. The van der Waals surface area contributed by atoms with Gasteiger partial charge < -0.3 is 0 Å². The van der Waals surface area contributed by atoms with Gasteiger partial charge in [-0.15, -0.1) is 0 Å². The van der Waals surface area contributed by atoms with E-state index in [2.05, 4.69) is 4.99 Å². The Balaban J connectivity index is 1.96. The molecule has 1 heterocycles. The lowest BCUT2D eigenvalue weighted by atomic mass is 10.0. The Morgan fingerprint density at radius 3 is 2.23 bits per heavy atom. The van der Waals surface area contributed by atoms with E-state index in [0.717, 1.165) is 30.3 Å². The minimum Gasteiger partial charge on any atom is -0.276 e. The maximum absolute atomic E-state index is 13.1. The lowest BCUT2D eigenvalue weighted by Crippen LogP contribution is -2.58. The van der Waals surface area contributed by atoms with Crippen LogP contribution in [0.15, 0.2) is 53.5 Å². The summed E-state index contributed by atoms with van der Waals surface area (Å²) in [7, 11) is 0. The number of carbonyl (C=O) groups excluding carboxylic acids is 3. The van der Waals surface area contributed by atoms with Crippen LogP contribution in [-0.4, -0.2) is 24.1 Å². The first kappa shape index (κ1) is 22.0. The van der Waals surface area contributed by atoms with Crippen LogP contribution < -0.4 is 10.2 Å². The van der Waals surface area contributed by atoms with Gasteiger partial charge in [0.05, 0.1) is 22.5 Å². The molecule has 0 unspecified atom stereocenters. The first-order valence-electron chi connectivity index (χ1n) is 8.46. The van der Waals surface area contributed by atoms with Crippen molar-refractivity contribution in [2.75, 3.05) is 4.90 Å². The molecule has 1 fully saturated rings. The van der Waals surface area contributed by atoms with Gasteiger partial charge in [-0.05, 0) is 30.3 Å². The number of barbiturate groups is 1. The highest BCUT2D eigenvalue weighted by molar-refractivity contribution is 6.32. The number of alkyl halides is 6. The number of halogens is 6. The molecule has 0 aromatic heterocycles. The molecule has 1 atom stereocenters. The molecule has 2 aromatic rings. The van der Waals surface area contributed by atoms with E-state index in [9.17, 15) is 40.7 Å². The van der Waals surface area contributed by atoms with Gasteiger partial charge >= 0.3 is 18.4 Å². The van der Waals surface area contributed by atoms with E-state index < -0.39 is 58.6 Å². The van der Waals surface area contributed by atoms with Crippen LogP contribution >= 0.6 is 0 Å². The largest absolute Gasteiger partial charge is 0.418 e. The number of para-hydroxylation sites is 1. The molecule has 2 aromatic carbocycles. The van der Waals surface area contributed by atoms with Gasteiger partial charge in [-0.2, -0.15) is 26.3 Å². The molecule has 1 N–H and O–H groups in total. The predicted octanol–water partition coefficient (Wildman–Crippen LogP) is 4.33. The van der Waals surface area contributed by atoms with Crippen molar-refractivity contribution >= 4 is 35.4 Å². The highest BCUT2D eigenvalue weighted by atomic mass is 19.4. The fourth-order valence-electron chi connectivity index (χ4n) is 2.77. The highest BCUT2D eigenvalue weighted by Crippen LogP contribution is 2.36. The number of rotatable bonds is 3. The van der Waals surface area contributed by atoms with Crippen molar-refractivity contribution in [3.8, 4) is 0 Å². The summed E-state index contributed by atoms with van der Waals surface area (Å²) in [5, 5.41) is 1.78. The lowest BCUT2D eigenvalue weighted by Gasteiger charge is -2.28. The Hall–Kier alpha value is -3.70. The summed E-state index contributed by atoms with van der Waals surface area (Å²) >= 11 is 0. The minimum absolute atomic E-state index is 0.295. The van der Waals surface area contributed by atoms with Gasteiger partial charge in [0.25, 0.3) is 5.91 Å². The number of urea groups is 1. The molecule has 12 heteroatoms. The first-order chi connectivity index (χ1) is 14.4. The number of aliphatic imine (C=N–C) groups is 1. The van der Waals surface area contributed by atoms with E-state index >= 15 is 0 Å². The van der Waals surface area contributed by atoms with Crippen LogP contribution in [0.2, 0.25) is 0 Å². The van der Waals surface area contributed by atoms with Gasteiger partial charge in [0, 0.05) is 6.21 Å². The zero-order chi connectivity index (χ0) is 23.0. The molecule has 0 radical (unpaired) electrons. The van der Waals surface area contributed by atoms with Crippen molar-refractivity contribution in [3.63, 3.8) is 0 Å². The number of nitrogens with one attached hydrogen (secondary N) is 1. The standard InChI is InChI=1S/C19H11F6N3O3/c20-18(21,22)10-4-3-5-11(8-10)28-16(30)12(15(29)27-17(28)31)9-26-14-7-2-1-6-13(14)19(23,24)25/h1-9,12H,(H,27,29,31)/t12-/m0/s1. The summed E-state index contributed by atoms with van der Waals surface area (Å²) in [5.41, 5.74) is -3.33. The Morgan fingerprint density at radius 1 is 0.903 bits per heavy atom. The van der Waals surface area contributed by atoms with Crippen LogP contribution in [0.25, 0.3) is 0 Å². The summed E-state index contributed by atoms with van der Waals surface area (Å²) in [4.78, 5) is 40.6. The first-order valence-corrected chi connectivity index (χ1v) is 8.46. The minimum atomic E-state index is -4.76. The summed E-state index contributed by atoms with van der Waals surface area (Å²) in [6.45, 7) is 0. The predicted molar refractivity (Wildman–Crippen MR) is 95.6 cm³/mol. The Labute approximate surface area is 170 Å². The molecule has 1 aliphatic heterocycles. The molecule has 0 aliphatic carbocycles. The number of hydrogen-bond acceptors (Lipinski definition) is 4. The smallest absolute Gasteiger partial charge is 0.276 e. The summed E-state index contributed by atoms with van der Waals surface area (Å²) in [6, 6.07) is 6.06. The normalized spacial score (nSPS) is 17.9. The second-order valence-corrected chi connectivity index (χ2v) is 6.29.